The lowest BCUT2D eigenvalue weighted by atomic mass is 9.89. The molecule has 0 spiro atoms. The largest absolute Gasteiger partial charge is 0.409 e. The average Bonchev–Trinajstić information content (AvgIpc) is 2.46. The predicted octanol–water partition coefficient (Wildman–Crippen LogP) is 2.50. The number of oxime groups is 1. The first-order chi connectivity index (χ1) is 9.60. The molecule has 0 saturated heterocycles. The topological polar surface area (TPSA) is 74.7 Å². The van der Waals surface area contributed by atoms with E-state index >= 15 is 0 Å². The van der Waals surface area contributed by atoms with E-state index in [4.69, 9.17) is 10.9 Å². The minimum absolute atomic E-state index is 0.128. The zero-order valence-electron chi connectivity index (χ0n) is 12.3. The van der Waals surface area contributed by atoms with Gasteiger partial charge < -0.3 is 15.8 Å². The minimum Gasteiger partial charge on any atom is -0.409 e. The molecule has 20 heavy (non-hydrogen) atoms. The SMILES string of the molecule is Cc1cc(/C(N)=N/O)cc(N(C)CC2CCCCC2)n1. The molecule has 0 unspecified atom stereocenters. The van der Waals surface area contributed by atoms with Gasteiger partial charge in [-0.25, -0.2) is 4.98 Å². The normalized spacial score (nSPS) is 17.2. The van der Waals surface area contributed by atoms with Gasteiger partial charge in [0.05, 0.1) is 0 Å². The first-order valence-corrected chi connectivity index (χ1v) is 7.28. The molecular formula is C15H24N4O. The van der Waals surface area contributed by atoms with Crippen LogP contribution in [0.3, 0.4) is 0 Å². The first-order valence-electron chi connectivity index (χ1n) is 7.28. The fraction of sp³-hybridized carbons (Fsp3) is 0.600. The van der Waals surface area contributed by atoms with Crippen molar-refractivity contribution in [2.45, 2.75) is 39.0 Å². The van der Waals surface area contributed by atoms with Crippen LogP contribution in [-0.2, 0) is 0 Å². The molecule has 1 aromatic heterocycles. The van der Waals surface area contributed by atoms with Gasteiger partial charge in [-0.1, -0.05) is 24.4 Å². The quantitative estimate of drug-likeness (QED) is 0.383. The van der Waals surface area contributed by atoms with E-state index in [1.165, 1.54) is 32.1 Å². The third-order valence-electron chi connectivity index (χ3n) is 3.99. The van der Waals surface area contributed by atoms with Gasteiger partial charge in [0.15, 0.2) is 5.84 Å². The van der Waals surface area contributed by atoms with Crippen molar-refractivity contribution in [3.8, 4) is 0 Å². The maximum absolute atomic E-state index is 8.80. The Kier molecular flexibility index (Phi) is 4.82. The lowest BCUT2D eigenvalue weighted by Crippen LogP contribution is -2.28. The van der Waals surface area contributed by atoms with Crippen molar-refractivity contribution in [2.24, 2.45) is 16.8 Å². The second-order valence-electron chi connectivity index (χ2n) is 5.73. The number of rotatable bonds is 4. The molecule has 110 valence electrons. The Morgan fingerprint density at radius 1 is 1.40 bits per heavy atom. The summed E-state index contributed by atoms with van der Waals surface area (Å²) in [5, 5.41) is 11.9. The highest BCUT2D eigenvalue weighted by Gasteiger charge is 2.17. The van der Waals surface area contributed by atoms with Crippen LogP contribution in [0.5, 0.6) is 0 Å². The van der Waals surface area contributed by atoms with Gasteiger partial charge in [0.2, 0.25) is 0 Å². The molecule has 1 aliphatic carbocycles. The van der Waals surface area contributed by atoms with E-state index in [0.717, 1.165) is 24.0 Å². The Hall–Kier alpha value is -1.78. The van der Waals surface area contributed by atoms with Gasteiger partial charge in [-0.3, -0.25) is 0 Å². The summed E-state index contributed by atoms with van der Waals surface area (Å²) in [6, 6.07) is 3.71. The number of hydrogen-bond acceptors (Lipinski definition) is 4. The molecular weight excluding hydrogens is 252 g/mol. The highest BCUT2D eigenvalue weighted by atomic mass is 16.4. The van der Waals surface area contributed by atoms with Gasteiger partial charge in [0.1, 0.15) is 5.82 Å². The Labute approximate surface area is 120 Å². The maximum Gasteiger partial charge on any atom is 0.170 e. The van der Waals surface area contributed by atoms with Crippen LogP contribution >= 0.6 is 0 Å². The summed E-state index contributed by atoms with van der Waals surface area (Å²) in [4.78, 5) is 6.73. The van der Waals surface area contributed by atoms with Gasteiger partial charge >= 0.3 is 0 Å². The lowest BCUT2D eigenvalue weighted by molar-refractivity contribution is 0.318. The Morgan fingerprint density at radius 3 is 2.75 bits per heavy atom. The van der Waals surface area contributed by atoms with Crippen molar-refractivity contribution < 1.29 is 5.21 Å². The van der Waals surface area contributed by atoms with Gasteiger partial charge in [0.25, 0.3) is 0 Å². The lowest BCUT2D eigenvalue weighted by Gasteiger charge is -2.28. The van der Waals surface area contributed by atoms with Crippen LogP contribution in [0, 0.1) is 12.8 Å². The van der Waals surface area contributed by atoms with Crippen molar-refractivity contribution >= 4 is 11.7 Å². The van der Waals surface area contributed by atoms with E-state index in [0.29, 0.717) is 5.56 Å². The molecule has 1 saturated carbocycles. The molecule has 5 heteroatoms. The summed E-state index contributed by atoms with van der Waals surface area (Å²) in [7, 11) is 2.06. The standard InChI is InChI=1S/C15H24N4O/c1-11-8-13(15(16)18-20)9-14(17-11)19(2)10-12-6-4-3-5-7-12/h8-9,12,20H,3-7,10H2,1-2H3,(H2,16,18). The van der Waals surface area contributed by atoms with Crippen LogP contribution < -0.4 is 10.6 Å². The van der Waals surface area contributed by atoms with E-state index in [2.05, 4.69) is 22.1 Å². The predicted molar refractivity (Wildman–Crippen MR) is 81.3 cm³/mol. The summed E-state index contributed by atoms with van der Waals surface area (Å²) in [6.45, 7) is 2.94. The maximum atomic E-state index is 8.80. The van der Waals surface area contributed by atoms with Crippen molar-refractivity contribution in [1.82, 2.24) is 4.98 Å². The van der Waals surface area contributed by atoms with Gasteiger partial charge in [0, 0.05) is 24.8 Å². The number of nitrogens with two attached hydrogens (primary N) is 1. The molecule has 0 aliphatic heterocycles. The minimum atomic E-state index is 0.128. The number of anilines is 1. The van der Waals surface area contributed by atoms with Gasteiger partial charge in [-0.15, -0.1) is 0 Å². The van der Waals surface area contributed by atoms with E-state index in [-0.39, 0.29) is 5.84 Å². The summed E-state index contributed by atoms with van der Waals surface area (Å²) in [5.74, 6) is 1.77. The number of aromatic nitrogens is 1. The molecule has 0 aromatic carbocycles. The third kappa shape index (κ3) is 3.62. The fourth-order valence-electron chi connectivity index (χ4n) is 2.90. The van der Waals surface area contributed by atoms with Gasteiger partial charge in [-0.2, -0.15) is 0 Å². The molecule has 2 rings (SSSR count). The number of hydrogen-bond donors (Lipinski definition) is 2. The summed E-state index contributed by atoms with van der Waals surface area (Å²) >= 11 is 0. The molecule has 0 atom stereocenters. The number of amidine groups is 1. The molecule has 0 bridgehead atoms. The fourth-order valence-corrected chi connectivity index (χ4v) is 2.90. The van der Waals surface area contributed by atoms with Crippen molar-refractivity contribution in [1.29, 1.82) is 0 Å². The van der Waals surface area contributed by atoms with Crippen LogP contribution in [0.2, 0.25) is 0 Å². The molecule has 3 N–H and O–H groups in total. The molecule has 0 amide bonds. The van der Waals surface area contributed by atoms with Crippen LogP contribution in [-0.4, -0.2) is 29.6 Å². The number of pyridine rings is 1. The Bertz CT molecular complexity index is 481. The van der Waals surface area contributed by atoms with E-state index in [1.807, 2.05) is 19.1 Å². The van der Waals surface area contributed by atoms with Gasteiger partial charge in [-0.05, 0) is 37.8 Å². The second-order valence-corrected chi connectivity index (χ2v) is 5.73. The Morgan fingerprint density at radius 2 is 2.10 bits per heavy atom. The Balaban J connectivity index is 2.12. The van der Waals surface area contributed by atoms with E-state index in [1.54, 1.807) is 0 Å². The molecule has 1 aromatic rings. The smallest absolute Gasteiger partial charge is 0.170 e. The van der Waals surface area contributed by atoms with Crippen LogP contribution in [0.4, 0.5) is 5.82 Å². The number of nitrogens with zero attached hydrogens (tertiary/aromatic N) is 3. The average molecular weight is 276 g/mol. The first kappa shape index (κ1) is 14.6. The zero-order valence-corrected chi connectivity index (χ0v) is 12.3. The highest BCUT2D eigenvalue weighted by molar-refractivity contribution is 5.97. The highest BCUT2D eigenvalue weighted by Crippen LogP contribution is 2.25. The number of aryl methyl sites for hydroxylation is 1. The monoisotopic (exact) mass is 276 g/mol. The van der Waals surface area contributed by atoms with Crippen LogP contribution in [0.1, 0.15) is 43.4 Å². The summed E-state index contributed by atoms with van der Waals surface area (Å²) in [6.07, 6.45) is 6.67. The molecule has 1 aliphatic rings. The third-order valence-corrected chi connectivity index (χ3v) is 3.99. The van der Waals surface area contributed by atoms with Crippen molar-refractivity contribution in [2.75, 3.05) is 18.5 Å². The second kappa shape index (κ2) is 6.59. The molecule has 5 nitrogen and oxygen atoms in total. The summed E-state index contributed by atoms with van der Waals surface area (Å²) < 4.78 is 0. The molecule has 1 fully saturated rings. The van der Waals surface area contributed by atoms with E-state index in [9.17, 15) is 0 Å². The van der Waals surface area contributed by atoms with Crippen molar-refractivity contribution in [3.05, 3.63) is 23.4 Å². The zero-order chi connectivity index (χ0) is 14.5. The molecule has 0 radical (unpaired) electrons. The van der Waals surface area contributed by atoms with Crippen molar-refractivity contribution in [3.63, 3.8) is 0 Å². The van der Waals surface area contributed by atoms with Crippen LogP contribution in [0.15, 0.2) is 17.3 Å². The molecule has 1 heterocycles. The van der Waals surface area contributed by atoms with E-state index < -0.39 is 0 Å². The van der Waals surface area contributed by atoms with Crippen LogP contribution in [0.25, 0.3) is 0 Å². The summed E-state index contributed by atoms with van der Waals surface area (Å²) in [5.41, 5.74) is 7.26.